The van der Waals surface area contributed by atoms with E-state index in [9.17, 15) is 5.26 Å². The largest absolute Gasteiger partial charge is 0.490 e. The first-order valence-electron chi connectivity index (χ1n) is 9.50. The van der Waals surface area contributed by atoms with Crippen molar-refractivity contribution in [3.05, 3.63) is 65.2 Å². The molecule has 3 heteroatoms. The third kappa shape index (κ3) is 3.38. The van der Waals surface area contributed by atoms with Crippen LogP contribution in [-0.4, -0.2) is 6.10 Å². The third-order valence-corrected chi connectivity index (χ3v) is 6.36. The maximum atomic E-state index is 9.49. The summed E-state index contributed by atoms with van der Waals surface area (Å²) in [4.78, 5) is 2.48. The Morgan fingerprint density at radius 3 is 2.70 bits per heavy atom. The van der Waals surface area contributed by atoms with E-state index in [-0.39, 0.29) is 6.10 Å². The molecule has 0 amide bonds. The molecule has 2 nitrogen and oxygen atoms in total. The quantitative estimate of drug-likeness (QED) is 0.504. The van der Waals surface area contributed by atoms with Crippen LogP contribution in [0.1, 0.15) is 49.8 Å². The molecular formula is C24H23NOS. The van der Waals surface area contributed by atoms with Crippen LogP contribution in [0.4, 0.5) is 0 Å². The van der Waals surface area contributed by atoms with E-state index in [2.05, 4.69) is 43.3 Å². The third-order valence-electron chi connectivity index (χ3n) is 5.19. The lowest BCUT2D eigenvalue weighted by atomic mass is 9.99. The van der Waals surface area contributed by atoms with Gasteiger partial charge in [0, 0.05) is 9.75 Å². The number of nitriles is 1. The fourth-order valence-corrected chi connectivity index (χ4v) is 4.91. The van der Waals surface area contributed by atoms with Gasteiger partial charge >= 0.3 is 0 Å². The SMILES string of the molecule is CC(C)Oc1ccc(-c2ccc(-c3cccc4c3CCC4C)s2)cc1C#N. The number of thiophene rings is 1. The van der Waals surface area contributed by atoms with Crippen molar-refractivity contribution in [1.29, 1.82) is 5.26 Å². The summed E-state index contributed by atoms with van der Waals surface area (Å²) in [6.45, 7) is 6.26. The van der Waals surface area contributed by atoms with Gasteiger partial charge in [0.05, 0.1) is 11.7 Å². The second-order valence-corrected chi connectivity index (χ2v) is 8.55. The lowest BCUT2D eigenvalue weighted by Crippen LogP contribution is -2.06. The topological polar surface area (TPSA) is 33.0 Å². The van der Waals surface area contributed by atoms with Crippen LogP contribution in [0.3, 0.4) is 0 Å². The summed E-state index contributed by atoms with van der Waals surface area (Å²) in [5, 5.41) is 9.49. The van der Waals surface area contributed by atoms with Crippen LogP contribution in [-0.2, 0) is 6.42 Å². The number of ether oxygens (including phenoxy) is 1. The summed E-state index contributed by atoms with van der Waals surface area (Å²) in [6, 6.07) is 19.2. The smallest absolute Gasteiger partial charge is 0.137 e. The zero-order chi connectivity index (χ0) is 19.0. The van der Waals surface area contributed by atoms with Crippen molar-refractivity contribution in [2.45, 2.75) is 45.6 Å². The standard InChI is InChI=1S/C24H23NOS/c1-15(2)26-22-10-8-17(13-18(22)14-25)23-11-12-24(27-23)21-6-4-5-19-16(3)7-9-20(19)21/h4-6,8,10-13,15-16H,7,9H2,1-3H3. The Labute approximate surface area is 165 Å². The number of nitrogens with zero attached hydrogens (tertiary/aromatic N) is 1. The molecule has 0 aliphatic heterocycles. The predicted molar refractivity (Wildman–Crippen MR) is 112 cm³/mol. The lowest BCUT2D eigenvalue weighted by molar-refractivity contribution is 0.242. The minimum atomic E-state index is 0.0545. The number of hydrogen-bond donors (Lipinski definition) is 0. The molecule has 27 heavy (non-hydrogen) atoms. The van der Waals surface area contributed by atoms with Crippen LogP contribution in [0, 0.1) is 11.3 Å². The zero-order valence-electron chi connectivity index (χ0n) is 16.0. The molecule has 1 unspecified atom stereocenters. The summed E-state index contributed by atoms with van der Waals surface area (Å²) in [5.74, 6) is 1.31. The van der Waals surface area contributed by atoms with Gasteiger partial charge in [0.15, 0.2) is 0 Å². The normalized spacial score (nSPS) is 15.6. The molecule has 1 aliphatic carbocycles. The molecule has 1 atom stereocenters. The Morgan fingerprint density at radius 1 is 1.11 bits per heavy atom. The summed E-state index contributed by atoms with van der Waals surface area (Å²) in [7, 11) is 0. The van der Waals surface area contributed by atoms with Gasteiger partial charge in [-0.3, -0.25) is 0 Å². The second kappa shape index (κ2) is 7.21. The van der Waals surface area contributed by atoms with Gasteiger partial charge < -0.3 is 4.74 Å². The molecule has 0 saturated heterocycles. The van der Waals surface area contributed by atoms with E-state index in [1.165, 1.54) is 39.3 Å². The molecule has 4 rings (SSSR count). The van der Waals surface area contributed by atoms with Crippen molar-refractivity contribution in [2.75, 3.05) is 0 Å². The highest BCUT2D eigenvalue weighted by Crippen LogP contribution is 2.42. The van der Waals surface area contributed by atoms with Gasteiger partial charge in [-0.25, -0.2) is 0 Å². The van der Waals surface area contributed by atoms with Crippen molar-refractivity contribution >= 4 is 11.3 Å². The van der Waals surface area contributed by atoms with E-state index in [1.54, 1.807) is 11.3 Å². The molecule has 0 fully saturated rings. The molecular weight excluding hydrogens is 350 g/mol. The average Bonchev–Trinajstić information content (AvgIpc) is 3.29. The second-order valence-electron chi connectivity index (χ2n) is 7.47. The lowest BCUT2D eigenvalue weighted by Gasteiger charge is -2.11. The Hall–Kier alpha value is -2.57. The van der Waals surface area contributed by atoms with E-state index in [1.807, 2.05) is 32.0 Å². The number of rotatable bonds is 4. The van der Waals surface area contributed by atoms with Crippen LogP contribution in [0.25, 0.3) is 20.9 Å². The van der Waals surface area contributed by atoms with Crippen molar-refractivity contribution in [1.82, 2.24) is 0 Å². The van der Waals surface area contributed by atoms with E-state index in [4.69, 9.17) is 4.74 Å². The Morgan fingerprint density at radius 2 is 1.93 bits per heavy atom. The molecule has 0 bridgehead atoms. The fourth-order valence-electron chi connectivity index (χ4n) is 3.86. The average molecular weight is 374 g/mol. The molecule has 0 saturated carbocycles. The first-order chi connectivity index (χ1) is 13.1. The van der Waals surface area contributed by atoms with Crippen LogP contribution >= 0.6 is 11.3 Å². The van der Waals surface area contributed by atoms with Gasteiger partial charge in [-0.1, -0.05) is 25.1 Å². The molecule has 0 radical (unpaired) electrons. The number of fused-ring (bicyclic) bond motifs is 1. The van der Waals surface area contributed by atoms with Gasteiger partial charge in [0.25, 0.3) is 0 Å². The zero-order valence-corrected chi connectivity index (χ0v) is 16.8. The van der Waals surface area contributed by atoms with Gasteiger partial charge in [-0.15, -0.1) is 11.3 Å². The van der Waals surface area contributed by atoms with E-state index in [0.717, 1.165) is 5.56 Å². The summed E-state index contributed by atoms with van der Waals surface area (Å²) in [6.07, 6.45) is 2.46. The highest BCUT2D eigenvalue weighted by Gasteiger charge is 2.22. The van der Waals surface area contributed by atoms with Crippen molar-refractivity contribution in [2.24, 2.45) is 0 Å². The van der Waals surface area contributed by atoms with Crippen molar-refractivity contribution in [3.63, 3.8) is 0 Å². The number of benzene rings is 2. The number of hydrogen-bond acceptors (Lipinski definition) is 3. The van der Waals surface area contributed by atoms with Gasteiger partial charge in [-0.2, -0.15) is 5.26 Å². The summed E-state index contributed by atoms with van der Waals surface area (Å²) < 4.78 is 5.74. The van der Waals surface area contributed by atoms with Gasteiger partial charge in [0.1, 0.15) is 11.8 Å². The van der Waals surface area contributed by atoms with Crippen LogP contribution in [0.2, 0.25) is 0 Å². The Kier molecular flexibility index (Phi) is 4.76. The van der Waals surface area contributed by atoms with E-state index < -0.39 is 0 Å². The van der Waals surface area contributed by atoms with Crippen molar-refractivity contribution in [3.8, 4) is 32.7 Å². The molecule has 0 N–H and O–H groups in total. The van der Waals surface area contributed by atoms with Gasteiger partial charge in [-0.05, 0) is 85.2 Å². The minimum Gasteiger partial charge on any atom is -0.490 e. The highest BCUT2D eigenvalue weighted by atomic mass is 32.1. The first-order valence-corrected chi connectivity index (χ1v) is 10.3. The Balaban J connectivity index is 1.69. The highest BCUT2D eigenvalue weighted by molar-refractivity contribution is 7.18. The summed E-state index contributed by atoms with van der Waals surface area (Å²) >= 11 is 1.80. The fraction of sp³-hybridized carbons (Fsp3) is 0.292. The molecule has 1 aromatic heterocycles. The van der Waals surface area contributed by atoms with Crippen molar-refractivity contribution < 1.29 is 4.74 Å². The molecule has 0 spiro atoms. The van der Waals surface area contributed by atoms with Crippen LogP contribution in [0.5, 0.6) is 5.75 Å². The molecule has 136 valence electrons. The minimum absolute atomic E-state index is 0.0545. The molecule has 3 aromatic rings. The predicted octanol–water partition coefficient (Wildman–Crippen LogP) is 6.79. The van der Waals surface area contributed by atoms with Crippen LogP contribution in [0.15, 0.2) is 48.5 Å². The monoisotopic (exact) mass is 373 g/mol. The van der Waals surface area contributed by atoms with E-state index >= 15 is 0 Å². The van der Waals surface area contributed by atoms with E-state index in [0.29, 0.717) is 17.2 Å². The maximum Gasteiger partial charge on any atom is 0.137 e. The molecule has 1 heterocycles. The van der Waals surface area contributed by atoms with Gasteiger partial charge in [0.2, 0.25) is 0 Å². The van der Waals surface area contributed by atoms with Crippen LogP contribution < -0.4 is 4.74 Å². The maximum absolute atomic E-state index is 9.49. The summed E-state index contributed by atoms with van der Waals surface area (Å²) in [5.41, 5.74) is 6.04. The molecule has 2 aromatic carbocycles. The molecule has 1 aliphatic rings. The Bertz CT molecular complexity index is 1030. The first kappa shape index (κ1) is 17.8.